The van der Waals surface area contributed by atoms with E-state index in [4.69, 9.17) is 4.98 Å². The summed E-state index contributed by atoms with van der Waals surface area (Å²) in [7, 11) is 0. The quantitative estimate of drug-likeness (QED) is 0.432. The Morgan fingerprint density at radius 1 is 0.731 bits per heavy atom. The summed E-state index contributed by atoms with van der Waals surface area (Å²) in [6.45, 7) is 0. The fourth-order valence-corrected chi connectivity index (χ4v) is 3.27. The van der Waals surface area contributed by atoms with Gasteiger partial charge in [0.2, 0.25) is 0 Å². The van der Waals surface area contributed by atoms with E-state index in [9.17, 15) is 4.39 Å². The van der Waals surface area contributed by atoms with Crippen LogP contribution >= 0.6 is 0 Å². The number of hydrogen-bond acceptors (Lipinski definition) is 2. The van der Waals surface area contributed by atoms with Crippen molar-refractivity contribution in [3.05, 3.63) is 90.9 Å². The predicted octanol–water partition coefficient (Wildman–Crippen LogP) is 5.38. The molecule has 3 aromatic carbocycles. The average molecular weight is 339 g/mol. The SMILES string of the molecule is Fc1ccccc1-c1nc(-n2ccc3ccccc32)c2ccccc2n1. The van der Waals surface area contributed by atoms with E-state index in [1.54, 1.807) is 18.2 Å². The van der Waals surface area contributed by atoms with Gasteiger partial charge in [-0.05, 0) is 41.8 Å². The van der Waals surface area contributed by atoms with E-state index >= 15 is 0 Å². The van der Waals surface area contributed by atoms with Crippen molar-refractivity contribution < 1.29 is 4.39 Å². The molecule has 0 aliphatic carbocycles. The largest absolute Gasteiger partial charge is 0.301 e. The van der Waals surface area contributed by atoms with Crippen LogP contribution in [-0.2, 0) is 0 Å². The van der Waals surface area contributed by atoms with Gasteiger partial charge in [0.05, 0.1) is 16.6 Å². The van der Waals surface area contributed by atoms with E-state index in [-0.39, 0.29) is 5.82 Å². The smallest absolute Gasteiger partial charge is 0.165 e. The van der Waals surface area contributed by atoms with E-state index in [1.807, 2.05) is 47.2 Å². The first-order chi connectivity index (χ1) is 12.8. The van der Waals surface area contributed by atoms with Crippen LogP contribution in [0.25, 0.3) is 39.0 Å². The highest BCUT2D eigenvalue weighted by Gasteiger charge is 2.14. The minimum atomic E-state index is -0.328. The Morgan fingerprint density at radius 3 is 2.42 bits per heavy atom. The normalized spacial score (nSPS) is 11.3. The van der Waals surface area contributed by atoms with Crippen molar-refractivity contribution in [1.82, 2.24) is 14.5 Å². The van der Waals surface area contributed by atoms with Crippen LogP contribution in [0.4, 0.5) is 4.39 Å². The number of rotatable bonds is 2. The van der Waals surface area contributed by atoms with Crippen molar-refractivity contribution in [2.75, 3.05) is 0 Å². The number of aromatic nitrogens is 3. The van der Waals surface area contributed by atoms with Crippen molar-refractivity contribution in [1.29, 1.82) is 0 Å². The lowest BCUT2D eigenvalue weighted by atomic mass is 10.1. The van der Waals surface area contributed by atoms with Gasteiger partial charge in [-0.15, -0.1) is 0 Å². The molecule has 0 saturated carbocycles. The molecule has 4 heteroatoms. The second kappa shape index (κ2) is 5.77. The standard InChI is InChI=1S/C22H14FN3/c23-18-10-4-2-8-16(18)21-24-19-11-5-3-9-17(19)22(25-21)26-14-13-15-7-1-6-12-20(15)26/h1-14H. The van der Waals surface area contributed by atoms with Gasteiger partial charge < -0.3 is 4.57 Å². The summed E-state index contributed by atoms with van der Waals surface area (Å²) >= 11 is 0. The lowest BCUT2D eigenvalue weighted by molar-refractivity contribution is 0.630. The molecular weight excluding hydrogens is 325 g/mol. The van der Waals surface area contributed by atoms with Gasteiger partial charge >= 0.3 is 0 Å². The fourth-order valence-electron chi connectivity index (χ4n) is 3.27. The molecule has 124 valence electrons. The highest BCUT2D eigenvalue weighted by Crippen LogP contribution is 2.28. The Morgan fingerprint density at radius 2 is 1.50 bits per heavy atom. The van der Waals surface area contributed by atoms with E-state index in [0.717, 1.165) is 27.6 Å². The van der Waals surface area contributed by atoms with Gasteiger partial charge in [0.1, 0.15) is 11.6 Å². The summed E-state index contributed by atoms with van der Waals surface area (Å²) < 4.78 is 16.3. The maximum absolute atomic E-state index is 14.3. The van der Waals surface area contributed by atoms with E-state index in [2.05, 4.69) is 23.2 Å². The van der Waals surface area contributed by atoms with Gasteiger partial charge in [-0.1, -0.05) is 42.5 Å². The van der Waals surface area contributed by atoms with Gasteiger partial charge in [-0.2, -0.15) is 0 Å². The predicted molar refractivity (Wildman–Crippen MR) is 102 cm³/mol. The van der Waals surface area contributed by atoms with Gasteiger partial charge in [0.15, 0.2) is 5.82 Å². The molecule has 0 N–H and O–H groups in total. The molecule has 0 saturated heterocycles. The third kappa shape index (κ3) is 2.27. The topological polar surface area (TPSA) is 30.7 Å². The molecule has 0 radical (unpaired) electrons. The number of fused-ring (bicyclic) bond motifs is 2. The minimum absolute atomic E-state index is 0.328. The molecular formula is C22H14FN3. The Bertz CT molecular complexity index is 1260. The molecule has 0 atom stereocenters. The zero-order valence-electron chi connectivity index (χ0n) is 13.8. The second-order valence-corrected chi connectivity index (χ2v) is 6.11. The summed E-state index contributed by atoms with van der Waals surface area (Å²) in [4.78, 5) is 9.33. The van der Waals surface area contributed by atoms with Gasteiger partial charge in [0.25, 0.3) is 0 Å². The van der Waals surface area contributed by atoms with Crippen molar-refractivity contribution in [3.8, 4) is 17.2 Å². The molecule has 5 aromatic rings. The maximum atomic E-state index is 14.3. The summed E-state index contributed by atoms with van der Waals surface area (Å²) in [5.41, 5.74) is 2.24. The van der Waals surface area contributed by atoms with Crippen LogP contribution in [0.1, 0.15) is 0 Å². The van der Waals surface area contributed by atoms with E-state index in [0.29, 0.717) is 11.4 Å². The maximum Gasteiger partial charge on any atom is 0.165 e. The highest BCUT2D eigenvalue weighted by molar-refractivity contribution is 5.90. The van der Waals surface area contributed by atoms with Crippen LogP contribution in [0, 0.1) is 5.82 Å². The summed E-state index contributed by atoms with van der Waals surface area (Å²) in [6, 6.07) is 24.6. The zero-order valence-corrected chi connectivity index (χ0v) is 13.8. The first kappa shape index (κ1) is 14.8. The first-order valence-electron chi connectivity index (χ1n) is 8.39. The summed E-state index contributed by atoms with van der Waals surface area (Å²) in [6.07, 6.45) is 1.99. The van der Waals surface area contributed by atoms with Crippen LogP contribution < -0.4 is 0 Å². The van der Waals surface area contributed by atoms with Gasteiger partial charge in [-0.3, -0.25) is 0 Å². The molecule has 0 aliphatic rings. The number of para-hydroxylation sites is 2. The van der Waals surface area contributed by atoms with Crippen LogP contribution in [-0.4, -0.2) is 14.5 Å². The summed E-state index contributed by atoms with van der Waals surface area (Å²) in [5, 5.41) is 2.05. The molecule has 0 fully saturated rings. The van der Waals surface area contributed by atoms with Crippen molar-refractivity contribution in [3.63, 3.8) is 0 Å². The van der Waals surface area contributed by atoms with Gasteiger partial charge in [0, 0.05) is 11.6 Å². The van der Waals surface area contributed by atoms with Crippen LogP contribution in [0.5, 0.6) is 0 Å². The van der Waals surface area contributed by atoms with Crippen molar-refractivity contribution >= 4 is 21.8 Å². The van der Waals surface area contributed by atoms with Crippen molar-refractivity contribution in [2.24, 2.45) is 0 Å². The molecule has 0 spiro atoms. The van der Waals surface area contributed by atoms with Crippen LogP contribution in [0.2, 0.25) is 0 Å². The molecule has 5 rings (SSSR count). The molecule has 0 aliphatic heterocycles. The second-order valence-electron chi connectivity index (χ2n) is 6.11. The lowest BCUT2D eigenvalue weighted by Gasteiger charge is -2.11. The number of nitrogens with zero attached hydrogens (tertiary/aromatic N) is 3. The zero-order chi connectivity index (χ0) is 17.5. The van der Waals surface area contributed by atoms with E-state index < -0.39 is 0 Å². The molecule has 0 amide bonds. The van der Waals surface area contributed by atoms with Crippen LogP contribution in [0.3, 0.4) is 0 Å². The number of halogens is 1. The third-order valence-electron chi connectivity index (χ3n) is 4.53. The minimum Gasteiger partial charge on any atom is -0.301 e. The molecule has 0 unspecified atom stereocenters. The first-order valence-corrected chi connectivity index (χ1v) is 8.39. The molecule has 0 bridgehead atoms. The van der Waals surface area contributed by atoms with Crippen molar-refractivity contribution in [2.45, 2.75) is 0 Å². The lowest BCUT2D eigenvalue weighted by Crippen LogP contribution is -2.02. The Balaban J connectivity index is 1.86. The van der Waals surface area contributed by atoms with Crippen LogP contribution in [0.15, 0.2) is 85.1 Å². The fraction of sp³-hybridized carbons (Fsp3) is 0. The average Bonchev–Trinajstić information content (AvgIpc) is 3.11. The number of benzene rings is 3. The molecule has 26 heavy (non-hydrogen) atoms. The third-order valence-corrected chi connectivity index (χ3v) is 4.53. The Labute approximate surface area is 149 Å². The van der Waals surface area contributed by atoms with Gasteiger partial charge in [-0.25, -0.2) is 14.4 Å². The summed E-state index contributed by atoms with van der Waals surface area (Å²) in [5.74, 6) is 0.802. The highest BCUT2D eigenvalue weighted by atomic mass is 19.1. The molecule has 2 heterocycles. The Kier molecular flexibility index (Phi) is 3.28. The van der Waals surface area contributed by atoms with E-state index in [1.165, 1.54) is 6.07 Å². The Hall–Kier alpha value is -3.53. The monoisotopic (exact) mass is 339 g/mol. The molecule has 3 nitrogen and oxygen atoms in total. The molecule has 2 aromatic heterocycles. The number of hydrogen-bond donors (Lipinski definition) is 0.